The lowest BCUT2D eigenvalue weighted by molar-refractivity contribution is -0.0489. The molecule has 4 rings (SSSR count). The number of benzene rings is 1. The summed E-state index contributed by atoms with van der Waals surface area (Å²) in [5.74, 6) is 0.403. The topological polar surface area (TPSA) is 71.2 Å². The Morgan fingerprint density at radius 2 is 2.06 bits per heavy atom. The quantitative estimate of drug-likeness (QED) is 0.310. The summed E-state index contributed by atoms with van der Waals surface area (Å²) in [7, 11) is 3.55. The minimum absolute atomic E-state index is 0.0911. The summed E-state index contributed by atoms with van der Waals surface area (Å²) in [5.41, 5.74) is 0.578. The molecular weight excluding hydrogens is 430 g/mol. The van der Waals surface area contributed by atoms with E-state index in [1.54, 1.807) is 36.0 Å². The highest BCUT2D eigenvalue weighted by atomic mass is 19.3. The number of nitrogens with zero attached hydrogens (tertiary/aromatic N) is 7. The van der Waals surface area contributed by atoms with Crippen LogP contribution >= 0.6 is 0 Å². The molecule has 1 aliphatic rings. The van der Waals surface area contributed by atoms with Crippen molar-refractivity contribution in [3.63, 3.8) is 0 Å². The fourth-order valence-corrected chi connectivity index (χ4v) is 3.85. The van der Waals surface area contributed by atoms with Gasteiger partial charge in [0.15, 0.2) is 17.2 Å². The van der Waals surface area contributed by atoms with Gasteiger partial charge in [0.25, 0.3) is 12.4 Å². The van der Waals surface area contributed by atoms with Gasteiger partial charge in [0, 0.05) is 31.9 Å². The minimum Gasteiger partial charge on any atom is -0.432 e. The molecule has 0 bridgehead atoms. The number of piperidine rings is 1. The Hall–Kier alpha value is -3.02. The molecule has 1 fully saturated rings. The number of likely N-dealkylation sites (tertiary alicyclic amines) is 1. The summed E-state index contributed by atoms with van der Waals surface area (Å²) < 4.78 is 57.6. The molecular formula is C20H23F4N7O. The van der Waals surface area contributed by atoms with Gasteiger partial charge < -0.3 is 9.64 Å². The number of hydrogen-bond donors (Lipinski definition) is 0. The zero-order valence-corrected chi connectivity index (χ0v) is 17.6. The lowest BCUT2D eigenvalue weighted by Gasteiger charge is -2.30. The van der Waals surface area contributed by atoms with E-state index < -0.39 is 13.0 Å². The molecule has 0 unspecified atom stereocenters. The maximum atomic E-state index is 12.9. The van der Waals surface area contributed by atoms with Crippen molar-refractivity contribution in [2.75, 3.05) is 33.7 Å². The molecule has 0 aliphatic carbocycles. The molecule has 172 valence electrons. The lowest BCUT2D eigenvalue weighted by Crippen LogP contribution is -2.37. The average molecular weight is 453 g/mol. The number of aliphatic imine (C=N–C) groups is 1. The molecule has 8 nitrogen and oxygen atoms in total. The van der Waals surface area contributed by atoms with Crippen molar-refractivity contribution in [2.24, 2.45) is 4.99 Å². The molecule has 0 amide bonds. The molecule has 1 aromatic carbocycles. The van der Waals surface area contributed by atoms with Crippen LogP contribution in [-0.2, 0) is 0 Å². The molecule has 1 saturated heterocycles. The number of rotatable bonds is 7. The molecule has 0 saturated carbocycles. The van der Waals surface area contributed by atoms with Gasteiger partial charge in [-0.2, -0.15) is 13.3 Å². The second kappa shape index (κ2) is 9.23. The summed E-state index contributed by atoms with van der Waals surface area (Å²) in [6, 6.07) is 4.67. The van der Waals surface area contributed by atoms with Crippen molar-refractivity contribution in [2.45, 2.75) is 31.8 Å². The van der Waals surface area contributed by atoms with Gasteiger partial charge in [-0.1, -0.05) is 6.07 Å². The first-order valence-electron chi connectivity index (χ1n) is 10.2. The Morgan fingerprint density at radius 1 is 1.25 bits per heavy atom. The van der Waals surface area contributed by atoms with Gasteiger partial charge >= 0.3 is 6.61 Å². The number of aromatic nitrogens is 4. The SMILES string of the molecule is CN(C)/C=N\c1nc2c(OC(F)F)cccc2c2nc([C@@H]3CCCN(CC(F)F)C3)nn12. The maximum absolute atomic E-state index is 12.9. The van der Waals surface area contributed by atoms with E-state index in [0.717, 1.165) is 12.8 Å². The monoisotopic (exact) mass is 453 g/mol. The molecule has 0 radical (unpaired) electrons. The second-order valence-electron chi connectivity index (χ2n) is 7.85. The van der Waals surface area contributed by atoms with Crippen LogP contribution in [0.4, 0.5) is 23.5 Å². The molecule has 12 heteroatoms. The maximum Gasteiger partial charge on any atom is 0.387 e. The van der Waals surface area contributed by atoms with Crippen molar-refractivity contribution in [3.05, 3.63) is 24.0 Å². The van der Waals surface area contributed by atoms with Crippen LogP contribution in [0, 0.1) is 0 Å². The summed E-state index contributed by atoms with van der Waals surface area (Å²) >= 11 is 0. The first-order valence-corrected chi connectivity index (χ1v) is 10.2. The summed E-state index contributed by atoms with van der Waals surface area (Å²) in [6.07, 6.45) is 0.620. The normalized spacial score (nSPS) is 17.9. The van der Waals surface area contributed by atoms with E-state index >= 15 is 0 Å². The Morgan fingerprint density at radius 3 is 2.78 bits per heavy atom. The van der Waals surface area contributed by atoms with Gasteiger partial charge in [0.1, 0.15) is 5.52 Å². The number of hydrogen-bond acceptors (Lipinski definition) is 6. The average Bonchev–Trinajstić information content (AvgIpc) is 3.18. The number of para-hydroxylation sites is 1. The van der Waals surface area contributed by atoms with Crippen molar-refractivity contribution in [3.8, 4) is 5.75 Å². The number of fused-ring (bicyclic) bond motifs is 3. The van der Waals surface area contributed by atoms with Gasteiger partial charge in [0.05, 0.1) is 12.9 Å². The van der Waals surface area contributed by atoms with Crippen LogP contribution in [0.25, 0.3) is 16.6 Å². The minimum atomic E-state index is -3.01. The van der Waals surface area contributed by atoms with Gasteiger partial charge in [-0.05, 0) is 31.5 Å². The molecule has 1 aliphatic heterocycles. The molecule has 0 spiro atoms. The van der Waals surface area contributed by atoms with E-state index in [1.807, 2.05) is 0 Å². The van der Waals surface area contributed by atoms with E-state index in [4.69, 9.17) is 0 Å². The van der Waals surface area contributed by atoms with E-state index in [0.29, 0.717) is 29.9 Å². The largest absolute Gasteiger partial charge is 0.432 e. The third-order valence-electron chi connectivity index (χ3n) is 5.15. The summed E-state index contributed by atoms with van der Waals surface area (Å²) in [5, 5.41) is 5.05. The predicted octanol–water partition coefficient (Wildman–Crippen LogP) is 3.54. The fraction of sp³-hybridized carbons (Fsp3) is 0.500. The van der Waals surface area contributed by atoms with Gasteiger partial charge in [-0.15, -0.1) is 5.10 Å². The van der Waals surface area contributed by atoms with Crippen LogP contribution in [0.2, 0.25) is 0 Å². The van der Waals surface area contributed by atoms with E-state index in [9.17, 15) is 17.6 Å². The highest BCUT2D eigenvalue weighted by Gasteiger charge is 2.27. The molecule has 3 heterocycles. The molecule has 3 aromatic rings. The molecule has 1 atom stereocenters. The number of ether oxygens (including phenoxy) is 1. The molecule has 2 aromatic heterocycles. The number of alkyl halides is 4. The predicted molar refractivity (Wildman–Crippen MR) is 111 cm³/mol. The summed E-state index contributed by atoms with van der Waals surface area (Å²) in [6.45, 7) is -2.28. The van der Waals surface area contributed by atoms with Crippen molar-refractivity contribution < 1.29 is 22.3 Å². The van der Waals surface area contributed by atoms with Gasteiger partial charge in [0.2, 0.25) is 0 Å². The van der Waals surface area contributed by atoms with E-state index in [-0.39, 0.29) is 29.7 Å². The second-order valence-corrected chi connectivity index (χ2v) is 7.85. The Labute approximate surface area is 181 Å². The van der Waals surface area contributed by atoms with E-state index in [1.165, 1.54) is 16.9 Å². The third kappa shape index (κ3) is 4.74. The Balaban J connectivity index is 1.82. The van der Waals surface area contributed by atoms with Gasteiger partial charge in [-0.25, -0.2) is 23.7 Å². The third-order valence-corrected chi connectivity index (χ3v) is 5.15. The van der Waals surface area contributed by atoms with Crippen molar-refractivity contribution >= 4 is 28.8 Å². The van der Waals surface area contributed by atoms with Crippen LogP contribution in [0.15, 0.2) is 23.2 Å². The van der Waals surface area contributed by atoms with Crippen LogP contribution in [0.3, 0.4) is 0 Å². The van der Waals surface area contributed by atoms with Crippen LogP contribution < -0.4 is 4.74 Å². The van der Waals surface area contributed by atoms with Crippen LogP contribution in [0.1, 0.15) is 24.6 Å². The summed E-state index contributed by atoms with van der Waals surface area (Å²) in [4.78, 5) is 16.8. The van der Waals surface area contributed by atoms with Crippen molar-refractivity contribution in [1.29, 1.82) is 0 Å². The lowest BCUT2D eigenvalue weighted by atomic mass is 9.97. The molecule has 0 N–H and O–H groups in total. The highest BCUT2D eigenvalue weighted by Crippen LogP contribution is 2.32. The number of halogens is 4. The highest BCUT2D eigenvalue weighted by molar-refractivity contribution is 5.95. The van der Waals surface area contributed by atoms with Gasteiger partial charge in [-0.3, -0.25) is 4.90 Å². The zero-order valence-electron chi connectivity index (χ0n) is 17.6. The van der Waals surface area contributed by atoms with E-state index in [2.05, 4.69) is 24.8 Å². The molecule has 32 heavy (non-hydrogen) atoms. The Bertz CT molecular complexity index is 1120. The van der Waals surface area contributed by atoms with Crippen LogP contribution in [-0.4, -0.2) is 82.5 Å². The standard InChI is InChI=1S/C20H23F4N7O/c1-29(2)11-25-20-26-16-13(6-3-7-14(16)32-19(23)24)18-27-17(28-31(18)20)12-5-4-8-30(9-12)10-15(21)22/h3,6-7,11-12,15,19H,4-5,8-10H2,1-2H3/b25-11-/t12-/m1/s1. The zero-order chi connectivity index (χ0) is 22.8. The smallest absolute Gasteiger partial charge is 0.387 e. The van der Waals surface area contributed by atoms with Crippen LogP contribution in [0.5, 0.6) is 5.75 Å². The fourth-order valence-electron chi connectivity index (χ4n) is 3.85. The first kappa shape index (κ1) is 22.2. The Kier molecular flexibility index (Phi) is 6.40. The van der Waals surface area contributed by atoms with Crippen molar-refractivity contribution in [1.82, 2.24) is 29.4 Å². The first-order chi connectivity index (χ1) is 15.3.